The van der Waals surface area contributed by atoms with Gasteiger partial charge in [0, 0.05) is 37.5 Å². The van der Waals surface area contributed by atoms with Gasteiger partial charge in [-0.05, 0) is 48.4 Å². The van der Waals surface area contributed by atoms with Crippen LogP contribution in [0.5, 0.6) is 5.75 Å². The van der Waals surface area contributed by atoms with Crippen LogP contribution in [-0.4, -0.2) is 45.3 Å². The van der Waals surface area contributed by atoms with E-state index in [2.05, 4.69) is 10.1 Å². The van der Waals surface area contributed by atoms with E-state index in [0.29, 0.717) is 25.3 Å². The van der Waals surface area contributed by atoms with Gasteiger partial charge in [0.2, 0.25) is 0 Å². The lowest BCUT2D eigenvalue weighted by atomic mass is 9.99. The first kappa shape index (κ1) is 19.1. The van der Waals surface area contributed by atoms with E-state index in [-0.39, 0.29) is 17.6 Å². The fraction of sp³-hybridized carbons (Fsp3) is 0.318. The van der Waals surface area contributed by atoms with Gasteiger partial charge in [0.25, 0.3) is 5.91 Å². The number of likely N-dealkylation sites (tertiary alicyclic amines) is 1. The molecule has 0 N–H and O–H groups in total. The maximum Gasteiger partial charge on any atom is 0.253 e. The van der Waals surface area contributed by atoms with Gasteiger partial charge in [0.05, 0.1) is 6.61 Å². The number of amides is 1. The molecule has 6 nitrogen and oxygen atoms in total. The summed E-state index contributed by atoms with van der Waals surface area (Å²) in [5.74, 6) is 0.783. The molecule has 150 valence electrons. The second-order valence-electron chi connectivity index (χ2n) is 7.17. The molecular formula is C22H23FN4O2. The summed E-state index contributed by atoms with van der Waals surface area (Å²) in [6.45, 7) is 2.69. The lowest BCUT2D eigenvalue weighted by Gasteiger charge is -2.17. The van der Waals surface area contributed by atoms with Crippen molar-refractivity contribution in [2.45, 2.75) is 25.3 Å². The first-order chi connectivity index (χ1) is 14.2. The standard InChI is InChI=1S/C22H23FN4O2/c23-20-6-2-17(3-7-20)19-10-12-26(14-19)22(28)18-4-8-21(9-5-18)29-13-1-11-27-16-24-15-25-27/h2-9,15-16,19H,1,10-14H2/t19-/m0/s1. The highest BCUT2D eigenvalue weighted by Gasteiger charge is 2.27. The molecule has 0 saturated carbocycles. The van der Waals surface area contributed by atoms with E-state index in [1.54, 1.807) is 23.1 Å². The normalized spacial score (nSPS) is 16.2. The van der Waals surface area contributed by atoms with E-state index in [9.17, 15) is 9.18 Å². The van der Waals surface area contributed by atoms with Crippen LogP contribution in [0.25, 0.3) is 0 Å². The van der Waals surface area contributed by atoms with Crippen LogP contribution in [0.3, 0.4) is 0 Å². The van der Waals surface area contributed by atoms with Crippen molar-refractivity contribution in [2.75, 3.05) is 19.7 Å². The minimum atomic E-state index is -0.236. The third-order valence-corrected chi connectivity index (χ3v) is 5.18. The second-order valence-corrected chi connectivity index (χ2v) is 7.17. The number of aryl methyl sites for hydroxylation is 1. The van der Waals surface area contributed by atoms with Gasteiger partial charge in [-0.2, -0.15) is 5.10 Å². The topological polar surface area (TPSA) is 60.3 Å². The first-order valence-corrected chi connectivity index (χ1v) is 9.79. The Labute approximate surface area is 168 Å². The fourth-order valence-corrected chi connectivity index (χ4v) is 3.59. The number of benzene rings is 2. The molecule has 29 heavy (non-hydrogen) atoms. The first-order valence-electron chi connectivity index (χ1n) is 9.79. The number of rotatable bonds is 7. The highest BCUT2D eigenvalue weighted by atomic mass is 19.1. The molecule has 2 aromatic carbocycles. The van der Waals surface area contributed by atoms with Gasteiger partial charge in [-0.15, -0.1) is 0 Å². The molecule has 2 heterocycles. The van der Waals surface area contributed by atoms with Gasteiger partial charge in [0.1, 0.15) is 24.2 Å². The Hall–Kier alpha value is -3.22. The van der Waals surface area contributed by atoms with E-state index in [1.165, 1.54) is 18.5 Å². The van der Waals surface area contributed by atoms with Crippen molar-refractivity contribution in [2.24, 2.45) is 0 Å². The van der Waals surface area contributed by atoms with Crippen molar-refractivity contribution in [3.63, 3.8) is 0 Å². The largest absolute Gasteiger partial charge is 0.494 e. The van der Waals surface area contributed by atoms with Gasteiger partial charge in [0.15, 0.2) is 0 Å². The zero-order chi connectivity index (χ0) is 20.1. The summed E-state index contributed by atoms with van der Waals surface area (Å²) in [4.78, 5) is 18.6. The molecule has 0 aliphatic carbocycles. The maximum atomic E-state index is 13.1. The molecule has 1 aromatic heterocycles. The van der Waals surface area contributed by atoms with E-state index >= 15 is 0 Å². The minimum absolute atomic E-state index is 0.0207. The quantitative estimate of drug-likeness (QED) is 0.576. The molecule has 1 atom stereocenters. The lowest BCUT2D eigenvalue weighted by molar-refractivity contribution is 0.0790. The van der Waals surface area contributed by atoms with E-state index in [4.69, 9.17) is 4.74 Å². The van der Waals surface area contributed by atoms with E-state index < -0.39 is 0 Å². The number of carbonyl (C=O) groups excluding carboxylic acids is 1. The van der Waals surface area contributed by atoms with Crippen molar-refractivity contribution in [1.29, 1.82) is 0 Å². The third kappa shape index (κ3) is 4.80. The minimum Gasteiger partial charge on any atom is -0.494 e. The lowest BCUT2D eigenvalue weighted by Crippen LogP contribution is -2.28. The van der Waals surface area contributed by atoms with Gasteiger partial charge < -0.3 is 9.64 Å². The Balaban J connectivity index is 1.27. The summed E-state index contributed by atoms with van der Waals surface area (Å²) in [7, 11) is 0. The van der Waals surface area contributed by atoms with Crippen LogP contribution in [0.4, 0.5) is 4.39 Å². The number of ether oxygens (including phenoxy) is 1. The van der Waals surface area contributed by atoms with Crippen molar-refractivity contribution in [3.8, 4) is 5.75 Å². The SMILES string of the molecule is O=C(c1ccc(OCCCn2cncn2)cc1)N1CC[C@H](c2ccc(F)cc2)C1. The van der Waals surface area contributed by atoms with Crippen LogP contribution in [-0.2, 0) is 6.54 Å². The Morgan fingerprint density at radius 3 is 2.66 bits per heavy atom. The summed E-state index contributed by atoms with van der Waals surface area (Å²) < 4.78 is 20.6. The molecular weight excluding hydrogens is 371 g/mol. The van der Waals surface area contributed by atoms with E-state index in [1.807, 2.05) is 29.2 Å². The van der Waals surface area contributed by atoms with Crippen LogP contribution < -0.4 is 4.74 Å². The molecule has 4 rings (SSSR count). The van der Waals surface area contributed by atoms with Crippen LogP contribution in [0.15, 0.2) is 61.2 Å². The summed E-state index contributed by atoms with van der Waals surface area (Å²) in [6.07, 6.45) is 4.91. The summed E-state index contributed by atoms with van der Waals surface area (Å²) in [6, 6.07) is 13.8. The molecule has 7 heteroatoms. The van der Waals surface area contributed by atoms with Crippen molar-refractivity contribution < 1.29 is 13.9 Å². The monoisotopic (exact) mass is 394 g/mol. The molecule has 0 spiro atoms. The van der Waals surface area contributed by atoms with Crippen molar-refractivity contribution in [1.82, 2.24) is 19.7 Å². The predicted molar refractivity (Wildman–Crippen MR) is 106 cm³/mol. The molecule has 1 aliphatic heterocycles. The average Bonchev–Trinajstić information content (AvgIpc) is 3.44. The van der Waals surface area contributed by atoms with E-state index in [0.717, 1.165) is 30.7 Å². The Kier molecular flexibility index (Phi) is 5.84. The van der Waals surface area contributed by atoms with Crippen LogP contribution in [0.2, 0.25) is 0 Å². The summed E-state index contributed by atoms with van der Waals surface area (Å²) in [5, 5.41) is 4.05. The smallest absolute Gasteiger partial charge is 0.253 e. The highest BCUT2D eigenvalue weighted by molar-refractivity contribution is 5.94. The zero-order valence-corrected chi connectivity index (χ0v) is 16.1. The number of aromatic nitrogens is 3. The average molecular weight is 394 g/mol. The molecule has 3 aromatic rings. The number of hydrogen-bond donors (Lipinski definition) is 0. The van der Waals surface area contributed by atoms with Crippen LogP contribution >= 0.6 is 0 Å². The molecule has 1 saturated heterocycles. The Bertz CT molecular complexity index is 926. The van der Waals surface area contributed by atoms with Crippen LogP contribution in [0, 0.1) is 5.82 Å². The molecule has 0 unspecified atom stereocenters. The summed E-state index contributed by atoms with van der Waals surface area (Å²) in [5.41, 5.74) is 1.73. The molecule has 1 aliphatic rings. The number of hydrogen-bond acceptors (Lipinski definition) is 4. The van der Waals surface area contributed by atoms with Crippen molar-refractivity contribution >= 4 is 5.91 Å². The van der Waals surface area contributed by atoms with Crippen LogP contribution in [0.1, 0.15) is 34.7 Å². The fourth-order valence-electron chi connectivity index (χ4n) is 3.59. The molecule has 1 amide bonds. The van der Waals surface area contributed by atoms with Gasteiger partial charge in [-0.25, -0.2) is 9.37 Å². The maximum absolute atomic E-state index is 13.1. The summed E-state index contributed by atoms with van der Waals surface area (Å²) >= 11 is 0. The number of nitrogens with zero attached hydrogens (tertiary/aromatic N) is 4. The number of carbonyl (C=O) groups is 1. The van der Waals surface area contributed by atoms with Gasteiger partial charge >= 0.3 is 0 Å². The highest BCUT2D eigenvalue weighted by Crippen LogP contribution is 2.28. The molecule has 1 fully saturated rings. The Morgan fingerprint density at radius 2 is 1.93 bits per heavy atom. The third-order valence-electron chi connectivity index (χ3n) is 5.18. The molecule has 0 radical (unpaired) electrons. The molecule has 0 bridgehead atoms. The Morgan fingerprint density at radius 1 is 1.14 bits per heavy atom. The second kappa shape index (κ2) is 8.86. The van der Waals surface area contributed by atoms with Gasteiger partial charge in [-0.3, -0.25) is 9.48 Å². The predicted octanol–water partition coefficient (Wildman–Crippen LogP) is 3.52. The van der Waals surface area contributed by atoms with Gasteiger partial charge in [-0.1, -0.05) is 12.1 Å². The number of halogens is 1. The zero-order valence-electron chi connectivity index (χ0n) is 16.1. The van der Waals surface area contributed by atoms with Crippen molar-refractivity contribution in [3.05, 3.63) is 78.1 Å².